The van der Waals surface area contributed by atoms with Crippen LogP contribution < -0.4 is 14.2 Å². The Morgan fingerprint density at radius 1 is 1.08 bits per heavy atom. The second kappa shape index (κ2) is 8.37. The zero-order valence-corrected chi connectivity index (χ0v) is 15.1. The monoisotopic (exact) mass is 369 g/mol. The first kappa shape index (κ1) is 18.6. The van der Waals surface area contributed by atoms with Crippen LogP contribution in [0.4, 0.5) is 0 Å². The summed E-state index contributed by atoms with van der Waals surface area (Å²) >= 11 is 5.96. The SMILES string of the molecule is CC(C)Oc1ccc(S(=O)(=O)NCCOc2ccccc2Cl)cc1. The quantitative estimate of drug-likeness (QED) is 0.723. The van der Waals surface area contributed by atoms with Gasteiger partial charge in [0.2, 0.25) is 10.0 Å². The highest BCUT2D eigenvalue weighted by molar-refractivity contribution is 7.89. The normalized spacial score (nSPS) is 11.5. The van der Waals surface area contributed by atoms with Crippen molar-refractivity contribution in [2.45, 2.75) is 24.8 Å². The van der Waals surface area contributed by atoms with E-state index in [0.717, 1.165) is 0 Å². The van der Waals surface area contributed by atoms with Crippen LogP contribution in [-0.2, 0) is 10.0 Å². The van der Waals surface area contributed by atoms with Crippen LogP contribution in [0.3, 0.4) is 0 Å². The standard InChI is InChI=1S/C17H20ClNO4S/c1-13(2)23-14-7-9-15(10-8-14)24(20,21)19-11-12-22-17-6-4-3-5-16(17)18/h3-10,13,19H,11-12H2,1-2H3. The van der Waals surface area contributed by atoms with Gasteiger partial charge in [-0.25, -0.2) is 13.1 Å². The van der Waals surface area contributed by atoms with Crippen LogP contribution >= 0.6 is 11.6 Å². The third-order valence-corrected chi connectivity index (χ3v) is 4.78. The van der Waals surface area contributed by atoms with E-state index in [2.05, 4.69) is 4.72 Å². The van der Waals surface area contributed by atoms with Crippen LogP contribution in [-0.4, -0.2) is 27.7 Å². The number of benzene rings is 2. The molecule has 0 aromatic heterocycles. The number of hydrogen-bond acceptors (Lipinski definition) is 4. The predicted molar refractivity (Wildman–Crippen MR) is 94.3 cm³/mol. The van der Waals surface area contributed by atoms with Gasteiger partial charge in [0.1, 0.15) is 18.1 Å². The van der Waals surface area contributed by atoms with E-state index in [1.165, 1.54) is 12.1 Å². The summed E-state index contributed by atoms with van der Waals surface area (Å²) in [6.07, 6.45) is 0.0348. The molecule has 0 bridgehead atoms. The van der Waals surface area contributed by atoms with Crippen molar-refractivity contribution in [2.75, 3.05) is 13.2 Å². The molecule has 0 aliphatic carbocycles. The predicted octanol–water partition coefficient (Wildman–Crippen LogP) is 3.48. The fraction of sp³-hybridized carbons (Fsp3) is 0.294. The molecule has 0 saturated heterocycles. The first-order valence-corrected chi connectivity index (χ1v) is 9.38. The van der Waals surface area contributed by atoms with E-state index in [1.54, 1.807) is 36.4 Å². The van der Waals surface area contributed by atoms with Gasteiger partial charge in [-0.1, -0.05) is 23.7 Å². The van der Waals surface area contributed by atoms with Crippen LogP contribution in [0.25, 0.3) is 0 Å². The molecular formula is C17H20ClNO4S. The molecule has 0 amide bonds. The molecule has 130 valence electrons. The molecule has 0 saturated carbocycles. The number of sulfonamides is 1. The Balaban J connectivity index is 1.88. The highest BCUT2D eigenvalue weighted by Crippen LogP contribution is 2.22. The van der Waals surface area contributed by atoms with E-state index in [4.69, 9.17) is 21.1 Å². The van der Waals surface area contributed by atoms with E-state index in [1.807, 2.05) is 13.8 Å². The molecule has 0 radical (unpaired) electrons. The van der Waals surface area contributed by atoms with Crippen LogP contribution in [0.1, 0.15) is 13.8 Å². The third-order valence-electron chi connectivity index (χ3n) is 2.99. The molecule has 0 aliphatic heterocycles. The van der Waals surface area contributed by atoms with Crippen molar-refractivity contribution < 1.29 is 17.9 Å². The fourth-order valence-corrected chi connectivity index (χ4v) is 3.16. The van der Waals surface area contributed by atoms with Crippen LogP contribution in [0.5, 0.6) is 11.5 Å². The molecule has 7 heteroatoms. The Kier molecular flexibility index (Phi) is 6.48. The number of para-hydroxylation sites is 1. The van der Waals surface area contributed by atoms with E-state index >= 15 is 0 Å². The third kappa shape index (κ3) is 5.40. The molecule has 5 nitrogen and oxygen atoms in total. The molecule has 0 aliphatic rings. The van der Waals surface area contributed by atoms with Crippen molar-refractivity contribution in [3.8, 4) is 11.5 Å². The van der Waals surface area contributed by atoms with Gasteiger partial charge in [-0.15, -0.1) is 0 Å². The Labute approximate surface area is 147 Å². The van der Waals surface area contributed by atoms with Crippen molar-refractivity contribution in [2.24, 2.45) is 0 Å². The molecule has 0 heterocycles. The number of ether oxygens (including phenoxy) is 2. The number of rotatable bonds is 8. The largest absolute Gasteiger partial charge is 0.491 e. The molecule has 1 N–H and O–H groups in total. The Bertz CT molecular complexity index is 760. The van der Waals surface area contributed by atoms with Gasteiger partial charge in [0, 0.05) is 6.54 Å². The van der Waals surface area contributed by atoms with E-state index in [-0.39, 0.29) is 24.2 Å². The molecule has 24 heavy (non-hydrogen) atoms. The lowest BCUT2D eigenvalue weighted by molar-refractivity contribution is 0.242. The van der Waals surface area contributed by atoms with Crippen molar-refractivity contribution in [1.29, 1.82) is 0 Å². The van der Waals surface area contributed by atoms with Crippen molar-refractivity contribution in [3.05, 3.63) is 53.6 Å². The van der Waals surface area contributed by atoms with E-state index in [0.29, 0.717) is 16.5 Å². The van der Waals surface area contributed by atoms with Crippen molar-refractivity contribution in [1.82, 2.24) is 4.72 Å². The van der Waals surface area contributed by atoms with Gasteiger partial charge in [0.15, 0.2) is 0 Å². The van der Waals surface area contributed by atoms with Gasteiger partial charge in [-0.3, -0.25) is 0 Å². The molecule has 2 aromatic carbocycles. The summed E-state index contributed by atoms with van der Waals surface area (Å²) < 4.78 is 37.9. The topological polar surface area (TPSA) is 64.6 Å². The smallest absolute Gasteiger partial charge is 0.240 e. The molecule has 0 fully saturated rings. The summed E-state index contributed by atoms with van der Waals surface area (Å²) in [5, 5.41) is 0.487. The lowest BCUT2D eigenvalue weighted by Crippen LogP contribution is -2.28. The maximum Gasteiger partial charge on any atom is 0.240 e. The lowest BCUT2D eigenvalue weighted by atomic mass is 10.3. The highest BCUT2D eigenvalue weighted by atomic mass is 35.5. The van der Waals surface area contributed by atoms with Crippen molar-refractivity contribution >= 4 is 21.6 Å². The van der Waals surface area contributed by atoms with Gasteiger partial charge in [-0.05, 0) is 50.2 Å². The molecule has 2 aromatic rings. The Hall–Kier alpha value is -1.76. The summed E-state index contributed by atoms with van der Waals surface area (Å²) in [6, 6.07) is 13.3. The molecule has 2 rings (SSSR count). The molecule has 0 atom stereocenters. The summed E-state index contributed by atoms with van der Waals surface area (Å²) in [6.45, 7) is 4.13. The van der Waals surface area contributed by atoms with Gasteiger partial charge < -0.3 is 9.47 Å². The number of hydrogen-bond donors (Lipinski definition) is 1. The zero-order valence-electron chi connectivity index (χ0n) is 13.5. The number of nitrogens with one attached hydrogen (secondary N) is 1. The van der Waals surface area contributed by atoms with Crippen LogP contribution in [0.15, 0.2) is 53.4 Å². The first-order valence-electron chi connectivity index (χ1n) is 7.52. The van der Waals surface area contributed by atoms with E-state index < -0.39 is 10.0 Å². The second-order valence-electron chi connectivity index (χ2n) is 5.31. The molecule has 0 unspecified atom stereocenters. The average molecular weight is 370 g/mol. The van der Waals surface area contributed by atoms with Crippen LogP contribution in [0.2, 0.25) is 5.02 Å². The summed E-state index contributed by atoms with van der Waals surface area (Å²) in [7, 11) is -3.59. The maximum atomic E-state index is 12.2. The van der Waals surface area contributed by atoms with Gasteiger partial charge >= 0.3 is 0 Å². The van der Waals surface area contributed by atoms with Gasteiger partial charge in [0.05, 0.1) is 16.0 Å². The number of halogens is 1. The minimum Gasteiger partial charge on any atom is -0.491 e. The summed E-state index contributed by atoms with van der Waals surface area (Å²) in [5.41, 5.74) is 0. The Morgan fingerprint density at radius 3 is 2.38 bits per heavy atom. The Morgan fingerprint density at radius 2 is 1.75 bits per heavy atom. The van der Waals surface area contributed by atoms with Gasteiger partial charge in [0.25, 0.3) is 0 Å². The second-order valence-corrected chi connectivity index (χ2v) is 7.49. The fourth-order valence-electron chi connectivity index (χ4n) is 1.95. The minimum absolute atomic E-state index is 0.0348. The van der Waals surface area contributed by atoms with Crippen molar-refractivity contribution in [3.63, 3.8) is 0 Å². The van der Waals surface area contributed by atoms with Gasteiger partial charge in [-0.2, -0.15) is 0 Å². The van der Waals surface area contributed by atoms with Crippen LogP contribution in [0, 0.1) is 0 Å². The lowest BCUT2D eigenvalue weighted by Gasteiger charge is -2.11. The maximum absolute atomic E-state index is 12.2. The first-order chi connectivity index (χ1) is 11.4. The highest BCUT2D eigenvalue weighted by Gasteiger charge is 2.13. The summed E-state index contributed by atoms with van der Waals surface area (Å²) in [4.78, 5) is 0.177. The summed E-state index contributed by atoms with van der Waals surface area (Å²) in [5.74, 6) is 1.15. The molecule has 0 spiro atoms. The van der Waals surface area contributed by atoms with E-state index in [9.17, 15) is 8.42 Å². The average Bonchev–Trinajstić information content (AvgIpc) is 2.53. The minimum atomic E-state index is -3.59. The molecular weight excluding hydrogens is 350 g/mol. The zero-order chi connectivity index (χ0) is 17.6.